The van der Waals surface area contributed by atoms with E-state index in [1.807, 2.05) is 6.92 Å². The van der Waals surface area contributed by atoms with Crippen LogP contribution in [0.2, 0.25) is 0 Å². The summed E-state index contributed by atoms with van der Waals surface area (Å²) in [5, 5.41) is 16.3. The summed E-state index contributed by atoms with van der Waals surface area (Å²) < 4.78 is 5.43. The van der Waals surface area contributed by atoms with Crippen LogP contribution in [0.4, 0.5) is 5.00 Å². The van der Waals surface area contributed by atoms with E-state index in [0.717, 1.165) is 31.5 Å². The number of anilines is 1. The van der Waals surface area contributed by atoms with Gasteiger partial charge in [0.15, 0.2) is 0 Å². The number of nitrogens with zero attached hydrogens (tertiary/aromatic N) is 1. The maximum Gasteiger partial charge on any atom is 0.230 e. The number of nitrogens with one attached hydrogen (secondary N) is 2. The summed E-state index contributed by atoms with van der Waals surface area (Å²) in [5.74, 6) is -0.133. The maximum atomic E-state index is 12.2. The van der Waals surface area contributed by atoms with Gasteiger partial charge in [-0.25, -0.2) is 0 Å². The van der Waals surface area contributed by atoms with Crippen molar-refractivity contribution in [3.05, 3.63) is 16.0 Å². The Morgan fingerprint density at radius 2 is 2.45 bits per heavy atom. The van der Waals surface area contributed by atoms with E-state index in [1.54, 1.807) is 0 Å². The number of thiophene rings is 1. The van der Waals surface area contributed by atoms with E-state index in [0.29, 0.717) is 17.2 Å². The van der Waals surface area contributed by atoms with Crippen LogP contribution < -0.4 is 10.6 Å². The van der Waals surface area contributed by atoms with Crippen molar-refractivity contribution in [2.24, 2.45) is 5.92 Å². The molecule has 0 bridgehead atoms. The first-order chi connectivity index (χ1) is 9.69. The molecule has 2 aliphatic heterocycles. The molecule has 1 aromatic heterocycles. The molecule has 20 heavy (non-hydrogen) atoms. The summed E-state index contributed by atoms with van der Waals surface area (Å²) in [6, 6.07) is 2.25. The summed E-state index contributed by atoms with van der Waals surface area (Å²) in [6.07, 6.45) is 1.75. The molecule has 3 heterocycles. The van der Waals surface area contributed by atoms with Crippen molar-refractivity contribution < 1.29 is 9.53 Å². The third kappa shape index (κ3) is 2.44. The van der Waals surface area contributed by atoms with Gasteiger partial charge in [0, 0.05) is 11.4 Å². The van der Waals surface area contributed by atoms with Crippen molar-refractivity contribution in [3.8, 4) is 6.07 Å². The van der Waals surface area contributed by atoms with Crippen LogP contribution in [0.1, 0.15) is 29.3 Å². The Labute approximate surface area is 121 Å². The summed E-state index contributed by atoms with van der Waals surface area (Å²) in [7, 11) is 0. The lowest BCUT2D eigenvalue weighted by molar-refractivity contribution is -0.119. The van der Waals surface area contributed by atoms with Gasteiger partial charge in [0.25, 0.3) is 0 Å². The Hall–Kier alpha value is -1.42. The van der Waals surface area contributed by atoms with Gasteiger partial charge >= 0.3 is 0 Å². The number of amides is 1. The third-order valence-electron chi connectivity index (χ3n) is 3.85. The van der Waals surface area contributed by atoms with Crippen LogP contribution in [0.3, 0.4) is 0 Å². The molecule has 0 saturated carbocycles. The molecule has 2 N–H and O–H groups in total. The van der Waals surface area contributed by atoms with Crippen molar-refractivity contribution >= 4 is 22.2 Å². The van der Waals surface area contributed by atoms with Gasteiger partial charge in [0.05, 0.1) is 24.2 Å². The van der Waals surface area contributed by atoms with E-state index in [2.05, 4.69) is 16.7 Å². The lowest BCUT2D eigenvalue weighted by Crippen LogP contribution is -2.23. The predicted molar refractivity (Wildman–Crippen MR) is 76.6 cm³/mol. The van der Waals surface area contributed by atoms with Gasteiger partial charge in [0.1, 0.15) is 11.1 Å². The number of hydrogen-bond acceptors (Lipinski definition) is 5. The Kier molecular flexibility index (Phi) is 3.74. The molecule has 1 fully saturated rings. The number of ether oxygens (including phenoxy) is 1. The van der Waals surface area contributed by atoms with Crippen molar-refractivity contribution in [2.45, 2.75) is 32.4 Å². The van der Waals surface area contributed by atoms with Crippen LogP contribution in [0.15, 0.2) is 0 Å². The van der Waals surface area contributed by atoms with Gasteiger partial charge in [-0.1, -0.05) is 0 Å². The number of rotatable bonds is 2. The molecule has 6 heteroatoms. The van der Waals surface area contributed by atoms with E-state index in [1.165, 1.54) is 16.2 Å². The molecule has 0 aliphatic carbocycles. The smallest absolute Gasteiger partial charge is 0.230 e. The fourth-order valence-corrected chi connectivity index (χ4v) is 3.93. The number of fused-ring (bicyclic) bond motifs is 1. The molecule has 1 saturated heterocycles. The molecule has 0 spiro atoms. The topological polar surface area (TPSA) is 74.2 Å². The number of carbonyl (C=O) groups is 1. The zero-order valence-corrected chi connectivity index (χ0v) is 12.2. The number of carbonyl (C=O) groups excluding carboxylic acids is 1. The lowest BCUT2D eigenvalue weighted by atomic mass is 10.0. The Morgan fingerprint density at radius 1 is 1.60 bits per heavy atom. The highest BCUT2D eigenvalue weighted by atomic mass is 32.1. The van der Waals surface area contributed by atoms with E-state index in [-0.39, 0.29) is 17.9 Å². The number of hydrogen-bond donors (Lipinski definition) is 2. The first-order valence-corrected chi connectivity index (χ1v) is 7.68. The van der Waals surface area contributed by atoms with Crippen molar-refractivity contribution in [3.63, 3.8) is 0 Å². The lowest BCUT2D eigenvalue weighted by Gasteiger charge is -2.11. The molecule has 2 aliphatic rings. The molecular formula is C14H17N3O2S. The fraction of sp³-hybridized carbons (Fsp3) is 0.571. The van der Waals surface area contributed by atoms with Gasteiger partial charge in [-0.05, 0) is 31.9 Å². The highest BCUT2D eigenvalue weighted by Crippen LogP contribution is 2.35. The fourth-order valence-electron chi connectivity index (χ4n) is 2.75. The largest absolute Gasteiger partial charge is 0.378 e. The summed E-state index contributed by atoms with van der Waals surface area (Å²) in [4.78, 5) is 13.4. The summed E-state index contributed by atoms with van der Waals surface area (Å²) >= 11 is 1.52. The second-order valence-corrected chi connectivity index (χ2v) is 6.42. The molecular weight excluding hydrogens is 274 g/mol. The molecule has 0 aromatic carbocycles. The highest BCUT2D eigenvalue weighted by Gasteiger charge is 2.30. The Bertz CT molecular complexity index is 576. The first kappa shape index (κ1) is 13.6. The molecule has 0 radical (unpaired) electrons. The molecule has 1 amide bonds. The molecule has 5 nitrogen and oxygen atoms in total. The van der Waals surface area contributed by atoms with E-state index >= 15 is 0 Å². The second kappa shape index (κ2) is 5.52. The highest BCUT2D eigenvalue weighted by molar-refractivity contribution is 7.16. The minimum absolute atomic E-state index is 0.0302. The van der Waals surface area contributed by atoms with E-state index in [9.17, 15) is 10.1 Å². The van der Waals surface area contributed by atoms with Gasteiger partial charge in [-0.2, -0.15) is 5.26 Å². The quantitative estimate of drug-likeness (QED) is 0.868. The third-order valence-corrected chi connectivity index (χ3v) is 4.99. The molecule has 2 atom stereocenters. The minimum atomic E-state index is -0.103. The van der Waals surface area contributed by atoms with E-state index < -0.39 is 0 Å². The van der Waals surface area contributed by atoms with Gasteiger partial charge in [-0.3, -0.25) is 4.79 Å². The van der Waals surface area contributed by atoms with Crippen LogP contribution in [0.25, 0.3) is 0 Å². The second-order valence-electron chi connectivity index (χ2n) is 5.31. The standard InChI is InChI=1S/C14H17N3O2S/c1-8-4-9(7-19-8)13(18)17-14-11(5-15)10-2-3-16-6-12(10)20-14/h8-9,16H,2-4,6-7H2,1H3,(H,17,18). The van der Waals surface area contributed by atoms with Gasteiger partial charge in [-0.15, -0.1) is 11.3 Å². The summed E-state index contributed by atoms with van der Waals surface area (Å²) in [5.41, 5.74) is 1.74. The van der Waals surface area contributed by atoms with E-state index in [4.69, 9.17) is 4.74 Å². The maximum absolute atomic E-state index is 12.2. The molecule has 1 aromatic rings. The molecule has 106 valence electrons. The molecule has 3 rings (SSSR count). The van der Waals surface area contributed by atoms with Crippen LogP contribution in [-0.2, 0) is 22.5 Å². The van der Waals surface area contributed by atoms with Crippen molar-refractivity contribution in [1.82, 2.24) is 5.32 Å². The van der Waals surface area contributed by atoms with Crippen molar-refractivity contribution in [2.75, 3.05) is 18.5 Å². The first-order valence-electron chi connectivity index (χ1n) is 6.87. The molecule has 2 unspecified atom stereocenters. The van der Waals surface area contributed by atoms with Gasteiger partial charge in [0.2, 0.25) is 5.91 Å². The number of nitriles is 1. The zero-order valence-electron chi connectivity index (χ0n) is 11.4. The van der Waals surface area contributed by atoms with Gasteiger partial charge < -0.3 is 15.4 Å². The zero-order chi connectivity index (χ0) is 14.1. The Balaban J connectivity index is 1.79. The average molecular weight is 291 g/mol. The van der Waals surface area contributed by atoms with Crippen LogP contribution in [0, 0.1) is 17.2 Å². The Morgan fingerprint density at radius 3 is 3.15 bits per heavy atom. The van der Waals surface area contributed by atoms with Crippen LogP contribution >= 0.6 is 11.3 Å². The summed E-state index contributed by atoms with van der Waals surface area (Å²) in [6.45, 7) is 4.12. The normalized spacial score (nSPS) is 25.0. The van der Waals surface area contributed by atoms with Crippen LogP contribution in [0.5, 0.6) is 0 Å². The minimum Gasteiger partial charge on any atom is -0.378 e. The average Bonchev–Trinajstić information content (AvgIpc) is 3.01. The van der Waals surface area contributed by atoms with Crippen LogP contribution in [-0.4, -0.2) is 25.2 Å². The monoisotopic (exact) mass is 291 g/mol. The predicted octanol–water partition coefficient (Wildman–Crippen LogP) is 1.63. The SMILES string of the molecule is CC1CC(C(=O)Nc2sc3c(c2C#N)CCNC3)CO1. The van der Waals surface area contributed by atoms with Crippen molar-refractivity contribution in [1.29, 1.82) is 5.26 Å².